The van der Waals surface area contributed by atoms with E-state index in [0.717, 1.165) is 16.8 Å². The van der Waals surface area contributed by atoms with E-state index in [1.54, 1.807) is 11.9 Å². The van der Waals surface area contributed by atoms with Crippen molar-refractivity contribution in [3.8, 4) is 0 Å². The van der Waals surface area contributed by atoms with Gasteiger partial charge in [-0.05, 0) is 18.6 Å². The van der Waals surface area contributed by atoms with Crippen molar-refractivity contribution >= 4 is 23.2 Å². The molecule has 22 heavy (non-hydrogen) atoms. The molecule has 0 spiro atoms. The van der Waals surface area contributed by atoms with E-state index in [-0.39, 0.29) is 5.91 Å². The third-order valence-corrected chi connectivity index (χ3v) is 4.41. The van der Waals surface area contributed by atoms with Gasteiger partial charge in [-0.15, -0.1) is 0 Å². The molecule has 0 aliphatic carbocycles. The van der Waals surface area contributed by atoms with Gasteiger partial charge in [0.15, 0.2) is 0 Å². The standard InChI is InChI=1S/C18H17ClN2O/c1-13(22)21-18(2,14-8-4-3-5-9-14)12-17(20-21)15-10-6-7-11-16(15)19/h3-11H,12H2,1-2H3. The fraction of sp³-hybridized carbons (Fsp3) is 0.222. The van der Waals surface area contributed by atoms with Crippen molar-refractivity contribution in [1.29, 1.82) is 0 Å². The largest absolute Gasteiger partial charge is 0.273 e. The van der Waals surface area contributed by atoms with Crippen molar-refractivity contribution in [3.63, 3.8) is 0 Å². The summed E-state index contributed by atoms with van der Waals surface area (Å²) in [6, 6.07) is 17.6. The third kappa shape index (κ3) is 2.42. The van der Waals surface area contributed by atoms with Gasteiger partial charge >= 0.3 is 0 Å². The zero-order valence-electron chi connectivity index (χ0n) is 12.6. The molecule has 1 aliphatic rings. The van der Waals surface area contributed by atoms with Crippen LogP contribution in [0.4, 0.5) is 0 Å². The van der Waals surface area contributed by atoms with E-state index >= 15 is 0 Å². The first kappa shape index (κ1) is 14.8. The van der Waals surface area contributed by atoms with Gasteiger partial charge in [-0.3, -0.25) is 4.79 Å². The van der Waals surface area contributed by atoms with Gasteiger partial charge in [-0.2, -0.15) is 5.10 Å². The molecule has 112 valence electrons. The van der Waals surface area contributed by atoms with Crippen LogP contribution in [-0.2, 0) is 10.3 Å². The molecule has 1 atom stereocenters. The number of nitrogens with zero attached hydrogens (tertiary/aromatic N) is 2. The Morgan fingerprint density at radius 2 is 1.77 bits per heavy atom. The second kappa shape index (κ2) is 5.58. The number of hydrazone groups is 1. The number of rotatable bonds is 2. The van der Waals surface area contributed by atoms with Crippen molar-refractivity contribution in [2.45, 2.75) is 25.8 Å². The molecule has 0 N–H and O–H groups in total. The summed E-state index contributed by atoms with van der Waals surface area (Å²) in [6.07, 6.45) is 0.639. The van der Waals surface area contributed by atoms with E-state index in [9.17, 15) is 4.79 Å². The molecule has 0 bridgehead atoms. The van der Waals surface area contributed by atoms with Crippen molar-refractivity contribution in [1.82, 2.24) is 5.01 Å². The highest BCUT2D eigenvalue weighted by molar-refractivity contribution is 6.34. The summed E-state index contributed by atoms with van der Waals surface area (Å²) < 4.78 is 0. The molecule has 0 radical (unpaired) electrons. The summed E-state index contributed by atoms with van der Waals surface area (Å²) in [6.45, 7) is 3.58. The first-order valence-corrected chi connectivity index (χ1v) is 7.59. The molecule has 2 aromatic rings. The maximum Gasteiger partial charge on any atom is 0.240 e. The summed E-state index contributed by atoms with van der Waals surface area (Å²) in [5.41, 5.74) is 2.31. The number of hydrogen-bond acceptors (Lipinski definition) is 2. The first-order chi connectivity index (χ1) is 10.5. The number of hydrogen-bond donors (Lipinski definition) is 0. The highest BCUT2D eigenvalue weighted by Gasteiger charge is 2.42. The van der Waals surface area contributed by atoms with Crippen molar-refractivity contribution in [2.24, 2.45) is 5.10 Å². The molecule has 3 rings (SSSR count). The maximum absolute atomic E-state index is 12.1. The second-order valence-electron chi connectivity index (χ2n) is 5.67. The summed E-state index contributed by atoms with van der Waals surface area (Å²) >= 11 is 6.29. The highest BCUT2D eigenvalue weighted by atomic mass is 35.5. The number of carbonyl (C=O) groups excluding carboxylic acids is 1. The van der Waals surface area contributed by atoms with Crippen LogP contribution in [0.3, 0.4) is 0 Å². The van der Waals surface area contributed by atoms with Crippen LogP contribution in [0.25, 0.3) is 0 Å². The van der Waals surface area contributed by atoms with Crippen molar-refractivity contribution in [3.05, 3.63) is 70.7 Å². The normalized spacial score (nSPS) is 20.9. The second-order valence-corrected chi connectivity index (χ2v) is 6.08. The lowest BCUT2D eigenvalue weighted by atomic mass is 9.86. The average Bonchev–Trinajstić information content (AvgIpc) is 2.88. The third-order valence-electron chi connectivity index (χ3n) is 4.08. The molecular weight excluding hydrogens is 296 g/mol. The highest BCUT2D eigenvalue weighted by Crippen LogP contribution is 2.39. The van der Waals surface area contributed by atoms with Crippen LogP contribution in [0.5, 0.6) is 0 Å². The van der Waals surface area contributed by atoms with Crippen LogP contribution in [-0.4, -0.2) is 16.6 Å². The number of carbonyl (C=O) groups is 1. The number of benzene rings is 2. The molecule has 1 aliphatic heterocycles. The summed E-state index contributed by atoms with van der Waals surface area (Å²) in [5, 5.41) is 6.79. The van der Waals surface area contributed by atoms with Crippen LogP contribution < -0.4 is 0 Å². The van der Waals surface area contributed by atoms with Gasteiger partial charge in [-0.1, -0.05) is 60.1 Å². The number of halogens is 1. The van der Waals surface area contributed by atoms with E-state index < -0.39 is 5.54 Å². The van der Waals surface area contributed by atoms with Crippen molar-refractivity contribution < 1.29 is 4.79 Å². The quantitative estimate of drug-likeness (QED) is 0.817. The van der Waals surface area contributed by atoms with Crippen LogP contribution in [0.1, 0.15) is 31.4 Å². The van der Waals surface area contributed by atoms with Crippen LogP contribution in [0.2, 0.25) is 5.02 Å². The summed E-state index contributed by atoms with van der Waals surface area (Å²) in [5.74, 6) is -0.0755. The molecule has 2 aromatic carbocycles. The van der Waals surface area contributed by atoms with Gasteiger partial charge in [0, 0.05) is 23.9 Å². The Morgan fingerprint density at radius 1 is 1.14 bits per heavy atom. The fourth-order valence-corrected chi connectivity index (χ4v) is 3.20. The molecule has 3 nitrogen and oxygen atoms in total. The van der Waals surface area contributed by atoms with Crippen LogP contribution in [0.15, 0.2) is 59.7 Å². The maximum atomic E-state index is 12.1. The monoisotopic (exact) mass is 312 g/mol. The van der Waals surface area contributed by atoms with E-state index in [1.165, 1.54) is 0 Å². The predicted molar refractivity (Wildman–Crippen MR) is 88.9 cm³/mol. The molecule has 0 aromatic heterocycles. The van der Waals surface area contributed by atoms with E-state index in [4.69, 9.17) is 11.6 Å². The Morgan fingerprint density at radius 3 is 2.41 bits per heavy atom. The van der Waals surface area contributed by atoms with Gasteiger partial charge in [0.05, 0.1) is 11.3 Å². The Kier molecular flexibility index (Phi) is 3.75. The zero-order valence-corrected chi connectivity index (χ0v) is 13.3. The zero-order chi connectivity index (χ0) is 15.7. The minimum atomic E-state index is -0.485. The lowest BCUT2D eigenvalue weighted by Crippen LogP contribution is -2.39. The average molecular weight is 313 g/mol. The van der Waals surface area contributed by atoms with Crippen molar-refractivity contribution in [2.75, 3.05) is 0 Å². The van der Waals surface area contributed by atoms with E-state index in [0.29, 0.717) is 11.4 Å². The SMILES string of the molecule is CC(=O)N1N=C(c2ccccc2Cl)CC1(C)c1ccccc1. The van der Waals surface area contributed by atoms with E-state index in [2.05, 4.69) is 5.10 Å². The van der Waals surface area contributed by atoms with Gasteiger partial charge in [0.2, 0.25) is 5.91 Å². The van der Waals surface area contributed by atoms with Crippen LogP contribution >= 0.6 is 11.6 Å². The Labute approximate surface area is 135 Å². The summed E-state index contributed by atoms with van der Waals surface area (Å²) in [7, 11) is 0. The molecule has 0 fully saturated rings. The molecule has 0 saturated heterocycles. The number of amides is 1. The lowest BCUT2D eigenvalue weighted by molar-refractivity contribution is -0.133. The topological polar surface area (TPSA) is 32.7 Å². The van der Waals surface area contributed by atoms with Gasteiger partial charge in [-0.25, -0.2) is 5.01 Å². The minimum Gasteiger partial charge on any atom is -0.273 e. The van der Waals surface area contributed by atoms with Crippen LogP contribution in [0, 0.1) is 0 Å². The van der Waals surface area contributed by atoms with Gasteiger partial charge < -0.3 is 0 Å². The van der Waals surface area contributed by atoms with Gasteiger partial charge in [0.25, 0.3) is 0 Å². The predicted octanol–water partition coefficient (Wildman–Crippen LogP) is 4.21. The first-order valence-electron chi connectivity index (χ1n) is 7.21. The molecule has 0 saturated carbocycles. The Hall–Kier alpha value is -2.13. The molecule has 1 amide bonds. The summed E-state index contributed by atoms with van der Waals surface area (Å²) in [4.78, 5) is 12.1. The molecule has 4 heteroatoms. The van der Waals surface area contributed by atoms with E-state index in [1.807, 2.05) is 61.5 Å². The smallest absolute Gasteiger partial charge is 0.240 e. The fourth-order valence-electron chi connectivity index (χ4n) is 2.95. The van der Waals surface area contributed by atoms with Gasteiger partial charge in [0.1, 0.15) is 0 Å². The lowest BCUT2D eigenvalue weighted by Gasteiger charge is -2.32. The Bertz CT molecular complexity index is 742. The molecule has 1 unspecified atom stereocenters. The molecule has 1 heterocycles. The minimum absolute atomic E-state index is 0.0755. The molecular formula is C18H17ClN2O. The Balaban J connectivity index is 2.06.